The first-order chi connectivity index (χ1) is 15.7. The van der Waals surface area contributed by atoms with Crippen molar-refractivity contribution in [3.63, 3.8) is 0 Å². The van der Waals surface area contributed by atoms with E-state index in [9.17, 15) is 4.79 Å². The number of thioether (sulfide) groups is 1. The standard InChI is InChI=1S/C26H25N3O2S/c1-20-10-8-9-15-23(20)25-27-28-26(31-25)32-19-24(30)29(18-22-13-6-3-7-14-22)17-16-21-11-4-2-5-12-21/h2-15H,16-19H2,1H3. The van der Waals surface area contributed by atoms with E-state index in [0.717, 1.165) is 23.1 Å². The fourth-order valence-corrected chi connectivity index (χ4v) is 4.07. The van der Waals surface area contributed by atoms with Crippen LogP contribution in [-0.2, 0) is 17.8 Å². The molecule has 0 fully saturated rings. The number of nitrogens with zero attached hydrogens (tertiary/aromatic N) is 3. The molecular formula is C26H25N3O2S. The van der Waals surface area contributed by atoms with Gasteiger partial charge in [0, 0.05) is 18.7 Å². The van der Waals surface area contributed by atoms with Crippen LogP contribution in [0.5, 0.6) is 0 Å². The highest BCUT2D eigenvalue weighted by atomic mass is 32.2. The number of carbonyl (C=O) groups excluding carboxylic acids is 1. The van der Waals surface area contributed by atoms with E-state index in [-0.39, 0.29) is 11.7 Å². The summed E-state index contributed by atoms with van der Waals surface area (Å²) in [7, 11) is 0. The highest BCUT2D eigenvalue weighted by Gasteiger charge is 2.17. The molecule has 0 unspecified atom stereocenters. The summed E-state index contributed by atoms with van der Waals surface area (Å²) in [6.45, 7) is 3.23. The number of hydrogen-bond acceptors (Lipinski definition) is 5. The molecule has 162 valence electrons. The molecule has 1 heterocycles. The maximum Gasteiger partial charge on any atom is 0.277 e. The minimum atomic E-state index is 0.0467. The smallest absolute Gasteiger partial charge is 0.277 e. The van der Waals surface area contributed by atoms with Gasteiger partial charge >= 0.3 is 0 Å². The molecule has 0 saturated carbocycles. The number of aryl methyl sites for hydroxylation is 1. The third-order valence-electron chi connectivity index (χ3n) is 5.18. The van der Waals surface area contributed by atoms with E-state index in [2.05, 4.69) is 22.3 Å². The Morgan fingerprint density at radius 2 is 1.53 bits per heavy atom. The largest absolute Gasteiger partial charge is 0.411 e. The fraction of sp³-hybridized carbons (Fsp3) is 0.192. The van der Waals surface area contributed by atoms with Crippen LogP contribution in [0, 0.1) is 6.92 Å². The molecule has 0 aliphatic rings. The molecular weight excluding hydrogens is 418 g/mol. The predicted octanol–water partition coefficient (Wildman–Crippen LogP) is 5.41. The molecule has 1 aromatic heterocycles. The number of aromatic nitrogens is 2. The van der Waals surface area contributed by atoms with E-state index in [0.29, 0.717) is 24.2 Å². The van der Waals surface area contributed by atoms with E-state index >= 15 is 0 Å². The van der Waals surface area contributed by atoms with Crippen LogP contribution in [0.1, 0.15) is 16.7 Å². The van der Waals surface area contributed by atoms with Crippen molar-refractivity contribution in [3.8, 4) is 11.5 Å². The molecule has 0 radical (unpaired) electrons. The molecule has 0 aliphatic carbocycles. The molecule has 0 aliphatic heterocycles. The molecule has 6 heteroatoms. The third-order valence-corrected chi connectivity index (χ3v) is 5.99. The van der Waals surface area contributed by atoms with Crippen LogP contribution < -0.4 is 0 Å². The van der Waals surface area contributed by atoms with Gasteiger partial charge in [0.2, 0.25) is 11.8 Å². The molecule has 32 heavy (non-hydrogen) atoms. The van der Waals surface area contributed by atoms with Crippen LogP contribution in [0.4, 0.5) is 0 Å². The van der Waals surface area contributed by atoms with Crippen molar-refractivity contribution < 1.29 is 9.21 Å². The Morgan fingerprint density at radius 1 is 0.875 bits per heavy atom. The Labute approximate surface area is 192 Å². The summed E-state index contributed by atoms with van der Waals surface area (Å²) in [6, 6.07) is 28.2. The average molecular weight is 444 g/mol. The Kier molecular flexibility index (Phi) is 7.35. The summed E-state index contributed by atoms with van der Waals surface area (Å²) in [5.41, 5.74) is 4.30. The van der Waals surface area contributed by atoms with Gasteiger partial charge in [-0.15, -0.1) is 10.2 Å². The van der Waals surface area contributed by atoms with Crippen LogP contribution >= 0.6 is 11.8 Å². The normalized spacial score (nSPS) is 10.8. The maximum absolute atomic E-state index is 13.1. The van der Waals surface area contributed by atoms with Crippen molar-refractivity contribution in [2.45, 2.75) is 25.1 Å². The van der Waals surface area contributed by atoms with Gasteiger partial charge in [-0.05, 0) is 36.1 Å². The van der Waals surface area contributed by atoms with Crippen LogP contribution in [0.25, 0.3) is 11.5 Å². The van der Waals surface area contributed by atoms with Crippen LogP contribution in [0.3, 0.4) is 0 Å². The van der Waals surface area contributed by atoms with Gasteiger partial charge in [-0.25, -0.2) is 0 Å². The first kappa shape index (κ1) is 21.8. The van der Waals surface area contributed by atoms with Crippen LogP contribution in [-0.4, -0.2) is 33.3 Å². The Balaban J connectivity index is 1.41. The summed E-state index contributed by atoms with van der Waals surface area (Å²) in [5, 5.41) is 8.67. The molecule has 3 aromatic carbocycles. The van der Waals surface area contributed by atoms with Crippen molar-refractivity contribution in [1.82, 2.24) is 15.1 Å². The first-order valence-corrected chi connectivity index (χ1v) is 11.6. The average Bonchev–Trinajstić information content (AvgIpc) is 3.30. The zero-order valence-electron chi connectivity index (χ0n) is 18.0. The van der Waals surface area contributed by atoms with Crippen molar-refractivity contribution >= 4 is 17.7 Å². The minimum absolute atomic E-state index is 0.0467. The SMILES string of the molecule is Cc1ccccc1-c1nnc(SCC(=O)N(CCc2ccccc2)Cc2ccccc2)o1. The Morgan fingerprint density at radius 3 is 2.25 bits per heavy atom. The molecule has 5 nitrogen and oxygen atoms in total. The van der Waals surface area contributed by atoms with Gasteiger partial charge in [-0.1, -0.05) is 90.6 Å². The van der Waals surface area contributed by atoms with E-state index < -0.39 is 0 Å². The number of rotatable bonds is 9. The molecule has 0 spiro atoms. The second-order valence-electron chi connectivity index (χ2n) is 7.51. The van der Waals surface area contributed by atoms with Crippen molar-refractivity contribution in [2.24, 2.45) is 0 Å². The molecule has 1 amide bonds. The monoisotopic (exact) mass is 443 g/mol. The van der Waals surface area contributed by atoms with Gasteiger partial charge in [0.25, 0.3) is 5.22 Å². The summed E-state index contributed by atoms with van der Waals surface area (Å²) in [5.74, 6) is 0.769. The van der Waals surface area contributed by atoms with Crippen molar-refractivity contribution in [3.05, 3.63) is 102 Å². The second-order valence-corrected chi connectivity index (χ2v) is 8.44. The minimum Gasteiger partial charge on any atom is -0.411 e. The quantitative estimate of drug-likeness (QED) is 0.324. The molecule has 4 rings (SSSR count). The van der Waals surface area contributed by atoms with Crippen LogP contribution in [0.2, 0.25) is 0 Å². The molecule has 4 aromatic rings. The molecule has 0 saturated heterocycles. The number of benzene rings is 3. The molecule has 0 bridgehead atoms. The number of amides is 1. The van der Waals surface area contributed by atoms with Gasteiger partial charge in [0.15, 0.2) is 0 Å². The van der Waals surface area contributed by atoms with E-state index in [1.807, 2.05) is 84.6 Å². The van der Waals surface area contributed by atoms with E-state index in [1.165, 1.54) is 17.3 Å². The zero-order chi connectivity index (χ0) is 22.2. The Hall–Kier alpha value is -3.38. The number of carbonyl (C=O) groups is 1. The Bertz CT molecular complexity index is 1150. The van der Waals surface area contributed by atoms with E-state index in [4.69, 9.17) is 4.42 Å². The highest BCUT2D eigenvalue weighted by Crippen LogP contribution is 2.25. The number of hydrogen-bond donors (Lipinski definition) is 0. The van der Waals surface area contributed by atoms with E-state index in [1.54, 1.807) is 0 Å². The first-order valence-electron chi connectivity index (χ1n) is 10.6. The second kappa shape index (κ2) is 10.8. The van der Waals surface area contributed by atoms with Crippen molar-refractivity contribution in [1.29, 1.82) is 0 Å². The molecule has 0 atom stereocenters. The van der Waals surface area contributed by atoms with Crippen LogP contribution in [0.15, 0.2) is 94.6 Å². The summed E-state index contributed by atoms with van der Waals surface area (Å²) in [4.78, 5) is 15.0. The zero-order valence-corrected chi connectivity index (χ0v) is 18.8. The summed E-state index contributed by atoms with van der Waals surface area (Å²) in [6.07, 6.45) is 0.808. The predicted molar refractivity (Wildman–Crippen MR) is 127 cm³/mol. The van der Waals surface area contributed by atoms with Gasteiger partial charge in [-0.2, -0.15) is 0 Å². The lowest BCUT2D eigenvalue weighted by Crippen LogP contribution is -2.33. The fourth-order valence-electron chi connectivity index (χ4n) is 3.41. The van der Waals surface area contributed by atoms with Gasteiger partial charge < -0.3 is 9.32 Å². The maximum atomic E-state index is 13.1. The van der Waals surface area contributed by atoms with Crippen molar-refractivity contribution in [2.75, 3.05) is 12.3 Å². The van der Waals surface area contributed by atoms with Gasteiger partial charge in [0.1, 0.15) is 0 Å². The lowest BCUT2D eigenvalue weighted by atomic mass is 10.1. The topological polar surface area (TPSA) is 59.2 Å². The molecule has 0 N–H and O–H groups in total. The summed E-state index contributed by atoms with van der Waals surface area (Å²) >= 11 is 1.28. The van der Waals surface area contributed by atoms with Gasteiger partial charge in [-0.3, -0.25) is 4.79 Å². The van der Waals surface area contributed by atoms with Gasteiger partial charge in [0.05, 0.1) is 5.75 Å². The summed E-state index contributed by atoms with van der Waals surface area (Å²) < 4.78 is 5.80. The lowest BCUT2D eigenvalue weighted by molar-refractivity contribution is -0.128. The third kappa shape index (κ3) is 5.86. The lowest BCUT2D eigenvalue weighted by Gasteiger charge is -2.22. The highest BCUT2D eigenvalue weighted by molar-refractivity contribution is 7.99.